The van der Waals surface area contributed by atoms with Crippen LogP contribution in [0.15, 0.2) is 71.4 Å². The number of rotatable bonds is 11. The van der Waals surface area contributed by atoms with Gasteiger partial charge in [0.05, 0.1) is 5.69 Å². The lowest BCUT2D eigenvalue weighted by Gasteiger charge is -2.29. The number of amides is 2. The summed E-state index contributed by atoms with van der Waals surface area (Å²) in [6.07, 6.45) is 5.72. The number of hydrogen-bond acceptors (Lipinski definition) is 6. The van der Waals surface area contributed by atoms with E-state index in [9.17, 15) is 4.79 Å². The number of nitrogens with zero attached hydrogens (tertiary/aromatic N) is 3. The van der Waals surface area contributed by atoms with Crippen molar-refractivity contribution in [3.63, 3.8) is 0 Å². The maximum Gasteiger partial charge on any atom is 0.327 e. The lowest BCUT2D eigenvalue weighted by molar-refractivity contribution is 0.244. The fourth-order valence-corrected chi connectivity index (χ4v) is 5.06. The predicted octanol–water partition coefficient (Wildman–Crippen LogP) is 1.27. The van der Waals surface area contributed by atoms with E-state index in [-0.39, 0.29) is 18.2 Å². The van der Waals surface area contributed by atoms with Gasteiger partial charge in [-0.1, -0.05) is 30.3 Å². The topological polar surface area (TPSA) is 136 Å². The highest BCUT2D eigenvalue weighted by atomic mass is 16.2. The number of carbonyl (C=O) groups is 1. The van der Waals surface area contributed by atoms with E-state index in [0.717, 1.165) is 86.7 Å². The minimum Gasteiger partial charge on any atom is -0.370 e. The third-order valence-electron chi connectivity index (χ3n) is 7.22. The molecule has 3 aliphatic rings. The fourth-order valence-electron chi connectivity index (χ4n) is 5.06. The molecule has 1 atom stereocenters. The molecule has 0 spiro atoms. The quantitative estimate of drug-likeness (QED) is 0.147. The molecule has 8 N–H and O–H groups in total. The van der Waals surface area contributed by atoms with Crippen molar-refractivity contribution in [1.29, 1.82) is 0 Å². The van der Waals surface area contributed by atoms with Gasteiger partial charge in [0.25, 0.3) is 0 Å². The van der Waals surface area contributed by atoms with E-state index in [1.54, 1.807) is 4.90 Å². The molecule has 10 heteroatoms. The predicted molar refractivity (Wildman–Crippen MR) is 157 cm³/mol. The number of piperazine rings is 1. The van der Waals surface area contributed by atoms with Gasteiger partial charge in [-0.25, -0.2) is 4.79 Å². The minimum absolute atomic E-state index is 0.125. The number of carbonyl (C=O) groups excluding carboxylic acids is 1. The maximum absolute atomic E-state index is 12.9. The Labute approximate surface area is 230 Å². The van der Waals surface area contributed by atoms with Crippen molar-refractivity contribution in [2.45, 2.75) is 25.6 Å². The second-order valence-electron chi connectivity index (χ2n) is 10.1. The number of guanidine groups is 1. The molecule has 0 bridgehead atoms. The molecule has 39 heavy (non-hydrogen) atoms. The van der Waals surface area contributed by atoms with Crippen molar-refractivity contribution in [2.75, 3.05) is 50.7 Å². The molecule has 1 saturated heterocycles. The van der Waals surface area contributed by atoms with Crippen molar-refractivity contribution in [2.24, 2.45) is 16.5 Å². The molecule has 3 aliphatic heterocycles. The van der Waals surface area contributed by atoms with Gasteiger partial charge in [0, 0.05) is 63.3 Å². The van der Waals surface area contributed by atoms with Gasteiger partial charge in [0.15, 0.2) is 5.96 Å². The first-order valence-corrected chi connectivity index (χ1v) is 13.7. The largest absolute Gasteiger partial charge is 0.370 e. The highest BCUT2D eigenvalue weighted by molar-refractivity contribution is 5.96. The zero-order valence-corrected chi connectivity index (χ0v) is 22.3. The highest BCUT2D eigenvalue weighted by Gasteiger charge is 2.31. The number of nitrogens with one attached hydrogen (secondary N) is 4. The van der Waals surface area contributed by atoms with Gasteiger partial charge < -0.3 is 37.6 Å². The molecular weight excluding hydrogens is 490 g/mol. The number of hydrogen-bond donors (Lipinski definition) is 6. The van der Waals surface area contributed by atoms with Gasteiger partial charge in [-0.15, -0.1) is 0 Å². The molecule has 2 amide bonds. The van der Waals surface area contributed by atoms with Gasteiger partial charge in [0.2, 0.25) is 0 Å². The van der Waals surface area contributed by atoms with E-state index in [2.05, 4.69) is 61.5 Å². The third-order valence-corrected chi connectivity index (χ3v) is 7.22. The van der Waals surface area contributed by atoms with Crippen molar-refractivity contribution in [3.8, 4) is 0 Å². The Morgan fingerprint density at radius 1 is 1.05 bits per heavy atom. The van der Waals surface area contributed by atoms with Crippen LogP contribution in [0.4, 0.5) is 10.5 Å². The summed E-state index contributed by atoms with van der Waals surface area (Å²) >= 11 is 0. The summed E-state index contributed by atoms with van der Waals surface area (Å²) in [6, 6.07) is 16.6. The van der Waals surface area contributed by atoms with Crippen LogP contribution in [0.2, 0.25) is 0 Å². The number of aliphatic imine (C=N–C) groups is 1. The van der Waals surface area contributed by atoms with Crippen molar-refractivity contribution in [1.82, 2.24) is 26.2 Å². The summed E-state index contributed by atoms with van der Waals surface area (Å²) in [5, 5.41) is 13.4. The molecule has 206 valence electrons. The van der Waals surface area contributed by atoms with Gasteiger partial charge in [-0.05, 0) is 60.4 Å². The second kappa shape index (κ2) is 12.8. The van der Waals surface area contributed by atoms with Crippen LogP contribution in [0.5, 0.6) is 0 Å². The van der Waals surface area contributed by atoms with Crippen molar-refractivity contribution < 1.29 is 4.79 Å². The van der Waals surface area contributed by atoms with Gasteiger partial charge in [-0.2, -0.15) is 0 Å². The monoisotopic (exact) mass is 529 g/mol. The van der Waals surface area contributed by atoms with Crippen LogP contribution in [-0.4, -0.2) is 68.9 Å². The first-order valence-electron chi connectivity index (χ1n) is 13.7. The van der Waals surface area contributed by atoms with Crippen LogP contribution in [0, 0.1) is 0 Å². The lowest BCUT2D eigenvalue weighted by atomic mass is 10.1. The van der Waals surface area contributed by atoms with Crippen LogP contribution in [0.3, 0.4) is 0 Å². The Morgan fingerprint density at radius 3 is 2.67 bits per heavy atom. The van der Waals surface area contributed by atoms with Crippen LogP contribution in [-0.2, 0) is 13.0 Å². The molecule has 5 rings (SSSR count). The summed E-state index contributed by atoms with van der Waals surface area (Å²) in [7, 11) is 0. The molecule has 0 aromatic heterocycles. The molecule has 0 aliphatic carbocycles. The van der Waals surface area contributed by atoms with Crippen LogP contribution in [0.25, 0.3) is 5.70 Å². The first kappa shape index (κ1) is 26.7. The van der Waals surface area contributed by atoms with Crippen molar-refractivity contribution >= 4 is 23.4 Å². The van der Waals surface area contributed by atoms with E-state index >= 15 is 0 Å². The van der Waals surface area contributed by atoms with Crippen LogP contribution in [0.1, 0.15) is 23.1 Å². The highest BCUT2D eigenvalue weighted by Crippen LogP contribution is 2.28. The number of anilines is 1. The first-order chi connectivity index (χ1) is 19.0. The normalized spacial score (nSPS) is 19.0. The molecule has 2 aromatic carbocycles. The van der Waals surface area contributed by atoms with E-state index in [1.807, 2.05) is 30.5 Å². The van der Waals surface area contributed by atoms with E-state index in [0.29, 0.717) is 6.54 Å². The standard InChI is InChI=1S/C29H39N9O/c30-28(31)34-11-2-10-33-19-22-5-7-25(8-6-22)38-20-24-18-26(35-27(24)36-29(38)39)23-4-1-3-21(17-23)9-14-37-15-12-32-13-16-37/h1,3-8,17-18,20,27,32-33,35H,2,9-16,19H2,(H,36,39)(H4,30,31,34). The summed E-state index contributed by atoms with van der Waals surface area (Å²) in [5.74, 6) is 0.125. The van der Waals surface area contributed by atoms with Crippen molar-refractivity contribution in [3.05, 3.63) is 83.1 Å². The molecule has 0 radical (unpaired) electrons. The SMILES string of the molecule is NC(N)=NCCCNCc1ccc(N2C=C3C=C(c4cccc(CCN5CCNCC5)c4)NC3NC2=O)cc1. The maximum atomic E-state index is 12.9. The lowest BCUT2D eigenvalue weighted by Crippen LogP contribution is -2.51. The summed E-state index contributed by atoms with van der Waals surface area (Å²) in [5.41, 5.74) is 17.2. The third kappa shape index (κ3) is 7.17. The fraction of sp³-hybridized carbons (Fsp3) is 0.379. The summed E-state index contributed by atoms with van der Waals surface area (Å²) in [6.45, 7) is 7.61. The number of urea groups is 1. The van der Waals surface area contributed by atoms with Gasteiger partial charge in [0.1, 0.15) is 6.17 Å². The van der Waals surface area contributed by atoms with Crippen LogP contribution >= 0.6 is 0 Å². The Hall–Kier alpha value is -3.86. The van der Waals surface area contributed by atoms with Gasteiger partial charge >= 0.3 is 6.03 Å². The molecule has 1 unspecified atom stereocenters. The average Bonchev–Trinajstić information content (AvgIpc) is 3.37. The molecular formula is C29H39N9O. The summed E-state index contributed by atoms with van der Waals surface area (Å²) in [4.78, 5) is 21.1. The van der Waals surface area contributed by atoms with E-state index < -0.39 is 0 Å². The Balaban J connectivity index is 1.19. The second-order valence-corrected chi connectivity index (χ2v) is 10.1. The summed E-state index contributed by atoms with van der Waals surface area (Å²) < 4.78 is 0. The van der Waals surface area contributed by atoms with E-state index in [1.165, 1.54) is 5.56 Å². The van der Waals surface area contributed by atoms with Crippen LogP contribution < -0.4 is 37.6 Å². The van der Waals surface area contributed by atoms with Gasteiger partial charge in [-0.3, -0.25) is 9.89 Å². The zero-order valence-electron chi connectivity index (χ0n) is 22.3. The molecule has 1 fully saturated rings. The molecule has 10 nitrogen and oxygen atoms in total. The molecule has 3 heterocycles. The smallest absolute Gasteiger partial charge is 0.327 e. The Bertz CT molecular complexity index is 1230. The number of nitrogens with two attached hydrogens (primary N) is 2. The Morgan fingerprint density at radius 2 is 1.87 bits per heavy atom. The average molecular weight is 530 g/mol. The minimum atomic E-state index is -0.226. The number of benzene rings is 2. The Kier molecular flexibility index (Phi) is 8.77. The molecule has 0 saturated carbocycles. The number of fused-ring (bicyclic) bond motifs is 1. The zero-order chi connectivity index (χ0) is 27.0. The van der Waals surface area contributed by atoms with E-state index in [4.69, 9.17) is 11.5 Å². The molecule has 2 aromatic rings.